The zero-order chi connectivity index (χ0) is 23.5. The first-order valence-electron chi connectivity index (χ1n) is 10.7. The number of hydrogen-bond acceptors (Lipinski definition) is 4. The van der Waals surface area contributed by atoms with Crippen molar-refractivity contribution in [3.8, 4) is 0 Å². The molecule has 4 rings (SSSR count). The number of carbonyl (C=O) groups excluding carboxylic acids is 2. The van der Waals surface area contributed by atoms with Crippen molar-refractivity contribution in [2.75, 3.05) is 25.5 Å². The number of Topliss-reactive ketones (excluding diaryl/α,β-unsaturated/α-hetero) is 1. The van der Waals surface area contributed by atoms with Crippen LogP contribution in [0, 0.1) is 0 Å². The Bertz CT molecular complexity index is 1190. The molecule has 0 bridgehead atoms. The SMILES string of the molecule is CN(C)c1ccc(C2/C(=C(\O)c3ccc(Cl)cc3)C(=O)C(=O)N2CCc2ccccc2)cc1. The summed E-state index contributed by atoms with van der Waals surface area (Å²) in [5, 5.41) is 11.6. The number of carbonyl (C=O) groups is 2. The molecule has 3 aromatic carbocycles. The maximum atomic E-state index is 13.1. The van der Waals surface area contributed by atoms with Crippen LogP contribution < -0.4 is 4.90 Å². The molecular formula is C27H25ClN2O3. The van der Waals surface area contributed by atoms with E-state index in [0.29, 0.717) is 23.6 Å². The third kappa shape index (κ3) is 4.64. The van der Waals surface area contributed by atoms with Gasteiger partial charge in [0.2, 0.25) is 0 Å². The molecule has 0 saturated carbocycles. The van der Waals surface area contributed by atoms with Gasteiger partial charge in [0.15, 0.2) is 0 Å². The van der Waals surface area contributed by atoms with Crippen LogP contribution in [0.5, 0.6) is 0 Å². The van der Waals surface area contributed by atoms with Gasteiger partial charge >= 0.3 is 0 Å². The summed E-state index contributed by atoms with van der Waals surface area (Å²) in [5.74, 6) is -1.49. The number of rotatable bonds is 6. The minimum Gasteiger partial charge on any atom is -0.507 e. The van der Waals surface area contributed by atoms with Crippen molar-refractivity contribution in [1.29, 1.82) is 0 Å². The molecule has 5 nitrogen and oxygen atoms in total. The molecule has 3 aromatic rings. The largest absolute Gasteiger partial charge is 0.507 e. The van der Waals surface area contributed by atoms with Crippen molar-refractivity contribution in [3.05, 3.63) is 106 Å². The second-order valence-corrected chi connectivity index (χ2v) is 8.66. The number of amides is 1. The van der Waals surface area contributed by atoms with Gasteiger partial charge in [-0.15, -0.1) is 0 Å². The van der Waals surface area contributed by atoms with Gasteiger partial charge in [-0.1, -0.05) is 54.1 Å². The van der Waals surface area contributed by atoms with Crippen molar-refractivity contribution in [1.82, 2.24) is 4.90 Å². The second-order valence-electron chi connectivity index (χ2n) is 8.22. The topological polar surface area (TPSA) is 60.9 Å². The number of anilines is 1. The van der Waals surface area contributed by atoms with E-state index in [9.17, 15) is 14.7 Å². The first kappa shape index (κ1) is 22.6. The predicted octanol–water partition coefficient (Wildman–Crippen LogP) is 5.07. The number of halogens is 1. The average Bonchev–Trinajstić information content (AvgIpc) is 3.08. The molecule has 33 heavy (non-hydrogen) atoms. The Kier molecular flexibility index (Phi) is 6.52. The maximum Gasteiger partial charge on any atom is 0.295 e. The van der Waals surface area contributed by atoms with E-state index >= 15 is 0 Å². The van der Waals surface area contributed by atoms with Gasteiger partial charge in [0.05, 0.1) is 11.6 Å². The van der Waals surface area contributed by atoms with Gasteiger partial charge < -0.3 is 14.9 Å². The van der Waals surface area contributed by atoms with Gasteiger partial charge in [-0.3, -0.25) is 9.59 Å². The fourth-order valence-corrected chi connectivity index (χ4v) is 4.20. The lowest BCUT2D eigenvalue weighted by molar-refractivity contribution is -0.139. The number of ketones is 1. The molecule has 1 heterocycles. The molecule has 1 saturated heterocycles. The zero-order valence-electron chi connectivity index (χ0n) is 18.5. The van der Waals surface area contributed by atoms with E-state index in [4.69, 9.17) is 11.6 Å². The summed E-state index contributed by atoms with van der Waals surface area (Å²) in [6.07, 6.45) is 0.598. The first-order valence-corrected chi connectivity index (χ1v) is 11.1. The van der Waals surface area contributed by atoms with Gasteiger partial charge in [-0.25, -0.2) is 0 Å². The summed E-state index contributed by atoms with van der Waals surface area (Å²) in [5.41, 5.74) is 3.36. The Labute approximate surface area is 198 Å². The van der Waals surface area contributed by atoms with E-state index in [-0.39, 0.29) is 11.3 Å². The minimum absolute atomic E-state index is 0.0907. The van der Waals surface area contributed by atoms with Crippen molar-refractivity contribution in [3.63, 3.8) is 0 Å². The predicted molar refractivity (Wildman–Crippen MR) is 131 cm³/mol. The Balaban J connectivity index is 1.78. The normalized spacial score (nSPS) is 17.4. The molecule has 1 unspecified atom stereocenters. The van der Waals surface area contributed by atoms with Crippen LogP contribution in [0.4, 0.5) is 5.69 Å². The molecule has 168 valence electrons. The van der Waals surface area contributed by atoms with E-state index < -0.39 is 17.7 Å². The van der Waals surface area contributed by atoms with Crippen LogP contribution in [-0.4, -0.2) is 42.3 Å². The van der Waals surface area contributed by atoms with E-state index in [1.807, 2.05) is 73.6 Å². The average molecular weight is 461 g/mol. The lowest BCUT2D eigenvalue weighted by Crippen LogP contribution is -2.31. The molecule has 0 spiro atoms. The third-order valence-corrected chi connectivity index (χ3v) is 6.12. The molecule has 0 radical (unpaired) electrons. The number of hydrogen-bond donors (Lipinski definition) is 1. The van der Waals surface area contributed by atoms with Crippen molar-refractivity contribution in [2.24, 2.45) is 0 Å². The van der Waals surface area contributed by atoms with Crippen LogP contribution in [0.2, 0.25) is 5.02 Å². The highest BCUT2D eigenvalue weighted by molar-refractivity contribution is 6.46. The standard InChI is InChI=1S/C27H25ClN2O3/c1-29(2)22-14-10-19(11-15-22)24-23(25(31)20-8-12-21(28)13-9-20)26(32)27(33)30(24)17-16-18-6-4-3-5-7-18/h3-15,24,31H,16-17H2,1-2H3/b25-23+. The molecule has 1 aliphatic heterocycles. The summed E-state index contributed by atoms with van der Waals surface area (Å²) in [7, 11) is 3.89. The highest BCUT2D eigenvalue weighted by atomic mass is 35.5. The summed E-state index contributed by atoms with van der Waals surface area (Å²) in [4.78, 5) is 29.7. The van der Waals surface area contributed by atoms with Gasteiger partial charge in [-0.05, 0) is 53.9 Å². The first-order chi connectivity index (χ1) is 15.9. The minimum atomic E-state index is -0.683. The van der Waals surface area contributed by atoms with Crippen molar-refractivity contribution in [2.45, 2.75) is 12.5 Å². The van der Waals surface area contributed by atoms with Gasteiger partial charge in [0, 0.05) is 36.9 Å². The monoisotopic (exact) mass is 460 g/mol. The van der Waals surface area contributed by atoms with E-state index in [1.54, 1.807) is 29.2 Å². The Morgan fingerprint density at radius 2 is 1.58 bits per heavy atom. The Hall–Kier alpha value is -3.57. The molecule has 0 aromatic heterocycles. The van der Waals surface area contributed by atoms with Crippen molar-refractivity contribution < 1.29 is 14.7 Å². The Morgan fingerprint density at radius 1 is 0.939 bits per heavy atom. The van der Waals surface area contributed by atoms with E-state index in [1.165, 1.54) is 0 Å². The van der Waals surface area contributed by atoms with Crippen LogP contribution in [-0.2, 0) is 16.0 Å². The van der Waals surface area contributed by atoms with Crippen LogP contribution in [0.25, 0.3) is 5.76 Å². The van der Waals surface area contributed by atoms with Crippen molar-refractivity contribution >= 4 is 34.7 Å². The Morgan fingerprint density at radius 3 is 2.18 bits per heavy atom. The third-order valence-electron chi connectivity index (χ3n) is 5.87. The number of nitrogens with zero attached hydrogens (tertiary/aromatic N) is 2. The zero-order valence-corrected chi connectivity index (χ0v) is 19.3. The molecule has 0 aliphatic carbocycles. The number of benzene rings is 3. The van der Waals surface area contributed by atoms with Crippen LogP contribution >= 0.6 is 11.6 Å². The quantitative estimate of drug-likeness (QED) is 0.317. The molecule has 1 atom stereocenters. The molecule has 1 aliphatic rings. The van der Waals surface area contributed by atoms with E-state index in [2.05, 4.69) is 0 Å². The van der Waals surface area contributed by atoms with Gasteiger partial charge in [0.1, 0.15) is 5.76 Å². The maximum absolute atomic E-state index is 13.1. The lowest BCUT2D eigenvalue weighted by atomic mass is 9.95. The van der Waals surface area contributed by atoms with Gasteiger partial charge in [0.25, 0.3) is 11.7 Å². The number of aliphatic hydroxyl groups excluding tert-OH is 1. The highest BCUT2D eigenvalue weighted by Gasteiger charge is 2.45. The molecule has 1 amide bonds. The smallest absolute Gasteiger partial charge is 0.295 e. The fraction of sp³-hybridized carbons (Fsp3) is 0.185. The summed E-state index contributed by atoms with van der Waals surface area (Å²) in [6.45, 7) is 0.353. The molecule has 1 fully saturated rings. The van der Waals surface area contributed by atoms with Crippen LogP contribution in [0.15, 0.2) is 84.4 Å². The number of aliphatic hydroxyl groups is 1. The molecular weight excluding hydrogens is 436 g/mol. The van der Waals surface area contributed by atoms with E-state index in [0.717, 1.165) is 16.8 Å². The molecule has 1 N–H and O–H groups in total. The molecule has 6 heteroatoms. The summed E-state index contributed by atoms with van der Waals surface area (Å²) < 4.78 is 0. The summed E-state index contributed by atoms with van der Waals surface area (Å²) in [6, 6.07) is 23.4. The summed E-state index contributed by atoms with van der Waals surface area (Å²) >= 11 is 5.98. The second kappa shape index (κ2) is 9.51. The lowest BCUT2D eigenvalue weighted by Gasteiger charge is -2.26. The number of likely N-dealkylation sites (tertiary alicyclic amines) is 1. The van der Waals surface area contributed by atoms with Gasteiger partial charge in [-0.2, -0.15) is 0 Å². The van der Waals surface area contributed by atoms with Crippen LogP contribution in [0.1, 0.15) is 22.7 Å². The highest BCUT2D eigenvalue weighted by Crippen LogP contribution is 2.40. The fourth-order valence-electron chi connectivity index (χ4n) is 4.07. The van der Waals surface area contributed by atoms with Crippen LogP contribution in [0.3, 0.4) is 0 Å².